The molecular formula is C50H86F3N5O14S. The van der Waals surface area contributed by atoms with Gasteiger partial charge in [0.25, 0.3) is 0 Å². The zero-order chi connectivity index (χ0) is 54.8. The number of hydrogen-bond donors (Lipinski definition) is 7. The first-order chi connectivity index (χ1) is 33.7. The maximum absolute atomic E-state index is 14.6. The maximum Gasteiger partial charge on any atom is 0.416 e. The van der Waals surface area contributed by atoms with Crippen LogP contribution in [0.25, 0.3) is 0 Å². The molecule has 0 amide bonds. The summed E-state index contributed by atoms with van der Waals surface area (Å²) < 4.78 is 109. The van der Waals surface area contributed by atoms with Crippen molar-refractivity contribution in [1.82, 2.24) is 19.4 Å². The van der Waals surface area contributed by atoms with Crippen molar-refractivity contribution in [2.45, 2.75) is 198 Å². The van der Waals surface area contributed by atoms with Crippen LogP contribution in [0.15, 0.2) is 24.3 Å². The molecular weight excluding hydrogens is 984 g/mol. The van der Waals surface area contributed by atoms with Crippen molar-refractivity contribution in [1.29, 1.82) is 0 Å². The average Bonchev–Trinajstić information content (AvgIpc) is 3.31. The molecule has 4 saturated heterocycles. The number of alkyl halides is 3. The number of aliphatic hydroxyl groups is 5. The van der Waals surface area contributed by atoms with E-state index in [4.69, 9.17) is 28.4 Å². The molecule has 0 radical (unpaired) electrons. The number of piperazine rings is 1. The molecule has 23 heteroatoms. The predicted octanol–water partition coefficient (Wildman–Crippen LogP) is 3.31. The summed E-state index contributed by atoms with van der Waals surface area (Å²) in [6.45, 7) is 23.2. The number of β-amino-alcohol motifs (C(OH)–C–C–N with tert-alkyl or cyclic N) is 1. The van der Waals surface area contributed by atoms with Gasteiger partial charge in [0.15, 0.2) is 12.6 Å². The molecule has 4 aliphatic heterocycles. The van der Waals surface area contributed by atoms with Crippen molar-refractivity contribution in [3.8, 4) is 0 Å². The van der Waals surface area contributed by atoms with Gasteiger partial charge in [-0.3, -0.25) is 14.4 Å². The van der Waals surface area contributed by atoms with Crippen LogP contribution in [0.1, 0.15) is 107 Å². The number of hydrogen-bond acceptors (Lipinski definition) is 17. The fourth-order valence-electron chi connectivity index (χ4n) is 11.3. The smallest absolute Gasteiger partial charge is 0.416 e. The lowest BCUT2D eigenvalue weighted by molar-refractivity contribution is -0.339. The molecule has 0 spiro atoms. The van der Waals surface area contributed by atoms with E-state index < -0.39 is 130 Å². The fraction of sp³-hybridized carbons (Fsp3) is 0.860. The lowest BCUT2D eigenvalue weighted by Crippen LogP contribution is -2.71. The number of methoxy groups -OCH3 is 1. The minimum atomic E-state index is -4.64. The number of ether oxygens (including phenoxy) is 6. The monoisotopic (exact) mass is 1070 g/mol. The molecule has 4 aliphatic rings. The lowest BCUT2D eigenvalue weighted by atomic mass is 9.74. The Balaban J connectivity index is 1.53. The minimum absolute atomic E-state index is 0.0166. The van der Waals surface area contributed by atoms with Gasteiger partial charge in [0.05, 0.1) is 47.5 Å². The van der Waals surface area contributed by atoms with Gasteiger partial charge < -0.3 is 64.2 Å². The number of nitrogens with one attached hydrogen (secondary N) is 2. The van der Waals surface area contributed by atoms with E-state index in [-0.39, 0.29) is 50.4 Å². The summed E-state index contributed by atoms with van der Waals surface area (Å²) in [6, 6.07) is 1.50. The molecule has 18 atom stereocenters. The Kier molecular flexibility index (Phi) is 20.3. The van der Waals surface area contributed by atoms with Crippen LogP contribution < -0.4 is 10.0 Å². The van der Waals surface area contributed by atoms with Crippen LogP contribution in [0.3, 0.4) is 0 Å². The van der Waals surface area contributed by atoms with E-state index in [1.54, 1.807) is 48.5 Å². The quantitative estimate of drug-likeness (QED) is 0.140. The topological polar surface area (TPSA) is 242 Å². The zero-order valence-electron chi connectivity index (χ0n) is 45.0. The number of likely N-dealkylation sites (N-methyl/N-ethyl adjacent to an activating group) is 2. The van der Waals surface area contributed by atoms with Crippen LogP contribution in [-0.2, 0) is 49.6 Å². The van der Waals surface area contributed by atoms with E-state index in [0.717, 1.165) is 61.3 Å². The van der Waals surface area contributed by atoms with Crippen molar-refractivity contribution in [3.05, 3.63) is 29.8 Å². The number of rotatable bonds is 13. The summed E-state index contributed by atoms with van der Waals surface area (Å²) in [5, 5.41) is 64.0. The molecule has 0 bridgehead atoms. The van der Waals surface area contributed by atoms with E-state index in [1.807, 2.05) is 6.92 Å². The first-order valence-corrected chi connectivity index (χ1v) is 27.2. The van der Waals surface area contributed by atoms with Crippen LogP contribution >= 0.6 is 0 Å². The number of esters is 1. The third-order valence-corrected chi connectivity index (χ3v) is 17.7. The van der Waals surface area contributed by atoms with Crippen molar-refractivity contribution in [2.75, 3.05) is 64.7 Å². The Labute approximate surface area is 430 Å². The third-order valence-electron chi connectivity index (χ3n) is 16.2. The van der Waals surface area contributed by atoms with Crippen molar-refractivity contribution >= 4 is 21.9 Å². The Morgan fingerprint density at radius 1 is 0.918 bits per heavy atom. The number of carbonyl (C=O) groups is 1. The number of benzene rings is 1. The van der Waals surface area contributed by atoms with E-state index in [9.17, 15) is 51.9 Å². The minimum Gasteiger partial charge on any atom is -0.459 e. The standard InChI is InChI=1S/C50H86F3N5O14S/c1-14-38-48(11,63)42(60)33(7)54-27-29(3)25-46(9,62)43(72-45-40(59)37(24-30(4)68-45)56(12)73(65,66)55-36-18-16-35(17-19-36)50(51,52)53)31(5)41(32(6)44(61)70-38)71-39-26-47(10,67-13)49(64,34(8)69-39)28-58-22-20-57(15-2)21-23-58/h16-19,29-34,37-43,45,54-55,59-60,62-64H,14-15,20-28H2,1-13H3/t29-,30-,31+,32-,33-,34+,37+,38-,39+,40-,41+,42-,43-,45+,46-,47-,48-,49+/m1/s1. The molecule has 4 fully saturated rings. The Morgan fingerprint density at radius 2 is 1.52 bits per heavy atom. The van der Waals surface area contributed by atoms with Crippen LogP contribution in [0, 0.1) is 17.8 Å². The summed E-state index contributed by atoms with van der Waals surface area (Å²) in [4.78, 5) is 19.1. The second-order valence-corrected chi connectivity index (χ2v) is 23.7. The number of anilines is 1. The van der Waals surface area contributed by atoms with Gasteiger partial charge in [0.1, 0.15) is 35.1 Å². The van der Waals surface area contributed by atoms with Crippen molar-refractivity contribution < 1.29 is 80.3 Å². The molecule has 5 rings (SSSR count). The normalized spacial score (nSPS) is 41.7. The fourth-order valence-corrected chi connectivity index (χ4v) is 12.4. The Bertz CT molecular complexity index is 2050. The maximum atomic E-state index is 14.6. The summed E-state index contributed by atoms with van der Waals surface area (Å²) >= 11 is 0. The summed E-state index contributed by atoms with van der Waals surface area (Å²) in [7, 11) is -1.82. The molecule has 0 saturated carbocycles. The van der Waals surface area contributed by atoms with Gasteiger partial charge in [0.2, 0.25) is 0 Å². The average molecular weight is 1070 g/mol. The number of cyclic esters (lactones) is 1. The summed E-state index contributed by atoms with van der Waals surface area (Å²) in [5.74, 6) is -3.41. The highest BCUT2D eigenvalue weighted by atomic mass is 32.2. The number of aliphatic hydroxyl groups excluding tert-OH is 2. The summed E-state index contributed by atoms with van der Waals surface area (Å²) in [5.41, 5.74) is -7.67. The van der Waals surface area contributed by atoms with Crippen molar-refractivity contribution in [3.63, 3.8) is 0 Å². The molecule has 7 N–H and O–H groups in total. The molecule has 19 nitrogen and oxygen atoms in total. The van der Waals surface area contributed by atoms with Gasteiger partial charge in [-0.25, -0.2) is 0 Å². The lowest BCUT2D eigenvalue weighted by Gasteiger charge is -2.55. The second kappa shape index (κ2) is 24.1. The zero-order valence-corrected chi connectivity index (χ0v) is 45.8. The van der Waals surface area contributed by atoms with Gasteiger partial charge >= 0.3 is 22.4 Å². The largest absolute Gasteiger partial charge is 0.459 e. The number of carbonyl (C=O) groups excluding carboxylic acids is 1. The van der Waals surface area contributed by atoms with E-state index in [0.29, 0.717) is 0 Å². The van der Waals surface area contributed by atoms with Gasteiger partial charge in [-0.05, 0) is 111 Å². The van der Waals surface area contributed by atoms with Gasteiger partial charge in [-0.15, -0.1) is 0 Å². The van der Waals surface area contributed by atoms with Gasteiger partial charge in [-0.1, -0.05) is 27.7 Å². The molecule has 0 aromatic heterocycles. The highest BCUT2D eigenvalue weighted by Gasteiger charge is 2.59. The van der Waals surface area contributed by atoms with Crippen molar-refractivity contribution in [2.24, 2.45) is 17.8 Å². The van der Waals surface area contributed by atoms with Crippen LogP contribution in [0.5, 0.6) is 0 Å². The number of halogens is 3. The SMILES string of the molecule is CC[C@H]1OC(=O)[C@H](C)[C@@H](O[C@H]2C[C@@](C)(OC)[C@](O)(CN3CCN(CC)CC3)[C@H](C)O2)[C@H](C)[C@@H](O[C@@H]2O[C@H](C)C[C@H](N(C)S(=O)(=O)Nc3ccc(C(F)(F)F)cc3)[C@H]2O)[C@](C)(O)C[C@@H](C)CN[C@H](C)[C@@H](O)[C@]1(C)O. The highest BCUT2D eigenvalue weighted by molar-refractivity contribution is 7.90. The molecule has 4 heterocycles. The second-order valence-electron chi connectivity index (χ2n) is 22.0. The molecule has 73 heavy (non-hydrogen) atoms. The first kappa shape index (κ1) is 61.5. The predicted molar refractivity (Wildman–Crippen MR) is 265 cm³/mol. The first-order valence-electron chi connectivity index (χ1n) is 25.8. The Morgan fingerprint density at radius 3 is 2.08 bits per heavy atom. The molecule has 422 valence electrons. The Hall–Kier alpha value is -2.33. The van der Waals surface area contributed by atoms with E-state index in [1.165, 1.54) is 28.0 Å². The van der Waals surface area contributed by atoms with Gasteiger partial charge in [-0.2, -0.15) is 25.9 Å². The van der Waals surface area contributed by atoms with Crippen LogP contribution in [-0.4, -0.2) is 204 Å². The molecule has 0 unspecified atom stereocenters. The third kappa shape index (κ3) is 14.1. The summed E-state index contributed by atoms with van der Waals surface area (Å²) in [6.07, 6.45) is -15.9. The van der Waals surface area contributed by atoms with Gasteiger partial charge in [0, 0.05) is 70.9 Å². The van der Waals surface area contributed by atoms with E-state index in [2.05, 4.69) is 26.8 Å². The van der Waals surface area contributed by atoms with E-state index >= 15 is 0 Å². The molecule has 1 aromatic rings. The van der Waals surface area contributed by atoms with Crippen LogP contribution in [0.2, 0.25) is 0 Å². The molecule has 1 aromatic carbocycles. The highest BCUT2D eigenvalue weighted by Crippen LogP contribution is 2.44. The van der Waals surface area contributed by atoms with Crippen LogP contribution in [0.4, 0.5) is 18.9 Å². The number of nitrogens with zero attached hydrogens (tertiary/aromatic N) is 3. The molecule has 0 aliphatic carbocycles.